The fourth-order valence-corrected chi connectivity index (χ4v) is 2.15. The van der Waals surface area contributed by atoms with E-state index in [9.17, 15) is 19.7 Å². The number of rotatable bonds is 6. The van der Waals surface area contributed by atoms with Gasteiger partial charge in [0.2, 0.25) is 0 Å². The zero-order chi connectivity index (χ0) is 18.4. The summed E-state index contributed by atoms with van der Waals surface area (Å²) >= 11 is 0. The lowest BCUT2D eigenvalue weighted by atomic mass is 10.2. The first-order valence-electron chi connectivity index (χ1n) is 7.40. The summed E-state index contributed by atoms with van der Waals surface area (Å²) in [5.41, 5.74) is 1.32. The van der Waals surface area contributed by atoms with Crippen molar-refractivity contribution in [2.24, 2.45) is 0 Å². The minimum Gasteiger partial charge on any atom is -0.484 e. The molecule has 2 amide bonds. The Labute approximate surface area is 144 Å². The highest BCUT2D eigenvalue weighted by Gasteiger charge is 2.12. The van der Waals surface area contributed by atoms with E-state index >= 15 is 0 Å². The van der Waals surface area contributed by atoms with Crippen molar-refractivity contribution in [3.8, 4) is 5.75 Å². The van der Waals surface area contributed by atoms with E-state index in [1.165, 1.54) is 25.2 Å². The number of anilines is 1. The number of nitro benzene ring substituents is 1. The van der Waals surface area contributed by atoms with Gasteiger partial charge in [-0.15, -0.1) is 0 Å². The van der Waals surface area contributed by atoms with Crippen LogP contribution in [0.2, 0.25) is 0 Å². The molecule has 130 valence electrons. The molecular weight excluding hydrogens is 326 g/mol. The maximum absolute atomic E-state index is 12.0. The second kappa shape index (κ2) is 7.91. The summed E-state index contributed by atoms with van der Waals surface area (Å²) in [7, 11) is 1.52. The highest BCUT2D eigenvalue weighted by Crippen LogP contribution is 2.23. The van der Waals surface area contributed by atoms with Gasteiger partial charge in [-0.1, -0.05) is 6.07 Å². The number of benzene rings is 2. The van der Waals surface area contributed by atoms with Crippen LogP contribution in [-0.4, -0.2) is 30.4 Å². The van der Waals surface area contributed by atoms with Crippen LogP contribution in [0.1, 0.15) is 15.9 Å². The molecule has 2 aromatic rings. The molecule has 0 radical (unpaired) electrons. The van der Waals surface area contributed by atoms with Crippen molar-refractivity contribution < 1.29 is 19.2 Å². The molecule has 0 aliphatic carbocycles. The lowest BCUT2D eigenvalue weighted by molar-refractivity contribution is -0.385. The van der Waals surface area contributed by atoms with Gasteiger partial charge in [-0.05, 0) is 37.3 Å². The molecule has 8 heteroatoms. The van der Waals surface area contributed by atoms with Crippen molar-refractivity contribution in [1.29, 1.82) is 0 Å². The monoisotopic (exact) mass is 343 g/mol. The van der Waals surface area contributed by atoms with Crippen molar-refractivity contribution in [1.82, 2.24) is 5.32 Å². The second-order valence-corrected chi connectivity index (χ2v) is 5.20. The fourth-order valence-electron chi connectivity index (χ4n) is 2.15. The van der Waals surface area contributed by atoms with Crippen LogP contribution in [-0.2, 0) is 4.79 Å². The van der Waals surface area contributed by atoms with Gasteiger partial charge in [-0.2, -0.15) is 0 Å². The van der Waals surface area contributed by atoms with Crippen LogP contribution in [0.3, 0.4) is 0 Å². The standard InChI is InChI=1S/C17H17N3O5/c1-11-8-14(6-7-15(11)20(23)24)25-10-16(21)19-13-5-3-4-12(9-13)17(22)18-2/h3-9H,10H2,1-2H3,(H,18,22)(H,19,21). The third-order valence-corrected chi connectivity index (χ3v) is 3.37. The number of nitro groups is 1. The highest BCUT2D eigenvalue weighted by atomic mass is 16.6. The Morgan fingerprint density at radius 3 is 2.60 bits per heavy atom. The van der Waals surface area contributed by atoms with Crippen molar-refractivity contribution in [3.05, 3.63) is 63.7 Å². The molecule has 0 aromatic heterocycles. The van der Waals surface area contributed by atoms with E-state index in [0.29, 0.717) is 22.6 Å². The third kappa shape index (κ3) is 4.77. The van der Waals surface area contributed by atoms with Crippen LogP contribution in [0, 0.1) is 17.0 Å². The zero-order valence-corrected chi connectivity index (χ0v) is 13.7. The molecule has 0 aliphatic heterocycles. The van der Waals surface area contributed by atoms with Crippen LogP contribution in [0.5, 0.6) is 5.75 Å². The first-order valence-corrected chi connectivity index (χ1v) is 7.40. The van der Waals surface area contributed by atoms with E-state index in [-0.39, 0.29) is 18.2 Å². The molecule has 2 N–H and O–H groups in total. The van der Waals surface area contributed by atoms with Crippen molar-refractivity contribution >= 4 is 23.2 Å². The maximum atomic E-state index is 12.0. The maximum Gasteiger partial charge on any atom is 0.272 e. The number of nitrogens with zero attached hydrogens (tertiary/aromatic N) is 1. The average molecular weight is 343 g/mol. The van der Waals surface area contributed by atoms with E-state index in [1.807, 2.05) is 0 Å². The number of hydrogen-bond acceptors (Lipinski definition) is 5. The van der Waals surface area contributed by atoms with E-state index < -0.39 is 10.8 Å². The Balaban J connectivity index is 1.96. The number of amides is 2. The minimum absolute atomic E-state index is 0.0113. The summed E-state index contributed by atoms with van der Waals surface area (Å²) in [6.07, 6.45) is 0. The molecule has 0 saturated heterocycles. The predicted molar refractivity (Wildman–Crippen MR) is 91.8 cm³/mol. The number of nitrogens with one attached hydrogen (secondary N) is 2. The molecule has 2 rings (SSSR count). The Morgan fingerprint density at radius 1 is 1.20 bits per heavy atom. The van der Waals surface area contributed by atoms with E-state index in [1.54, 1.807) is 31.2 Å². The Bertz CT molecular complexity index is 820. The third-order valence-electron chi connectivity index (χ3n) is 3.37. The van der Waals surface area contributed by atoms with Crippen LogP contribution >= 0.6 is 0 Å². The lowest BCUT2D eigenvalue weighted by Gasteiger charge is -2.09. The van der Waals surface area contributed by atoms with Gasteiger partial charge in [0.15, 0.2) is 6.61 Å². The average Bonchev–Trinajstić information content (AvgIpc) is 2.59. The van der Waals surface area contributed by atoms with Gasteiger partial charge in [0, 0.05) is 29.9 Å². The number of carbonyl (C=O) groups excluding carboxylic acids is 2. The largest absolute Gasteiger partial charge is 0.484 e. The predicted octanol–water partition coefficient (Wildman–Crippen LogP) is 2.28. The Morgan fingerprint density at radius 2 is 1.96 bits per heavy atom. The number of ether oxygens (including phenoxy) is 1. The van der Waals surface area contributed by atoms with Gasteiger partial charge < -0.3 is 15.4 Å². The summed E-state index contributed by atoms with van der Waals surface area (Å²) in [5, 5.41) is 15.9. The Hall–Kier alpha value is -3.42. The quantitative estimate of drug-likeness (QED) is 0.617. The van der Waals surface area contributed by atoms with Gasteiger partial charge in [0.25, 0.3) is 17.5 Å². The van der Waals surface area contributed by atoms with E-state index in [2.05, 4.69) is 10.6 Å². The van der Waals surface area contributed by atoms with E-state index in [4.69, 9.17) is 4.74 Å². The topological polar surface area (TPSA) is 111 Å². The number of hydrogen-bond donors (Lipinski definition) is 2. The molecular formula is C17H17N3O5. The lowest BCUT2D eigenvalue weighted by Crippen LogP contribution is -2.21. The summed E-state index contributed by atoms with van der Waals surface area (Å²) in [6, 6.07) is 10.7. The summed E-state index contributed by atoms with van der Waals surface area (Å²) in [6.45, 7) is 1.33. The molecule has 8 nitrogen and oxygen atoms in total. The first kappa shape index (κ1) is 17.9. The van der Waals surface area contributed by atoms with Crippen LogP contribution in [0.25, 0.3) is 0 Å². The normalized spacial score (nSPS) is 10.0. The molecule has 25 heavy (non-hydrogen) atoms. The molecule has 0 heterocycles. The molecule has 0 bridgehead atoms. The number of carbonyl (C=O) groups is 2. The summed E-state index contributed by atoms with van der Waals surface area (Å²) in [4.78, 5) is 33.8. The van der Waals surface area contributed by atoms with Crippen molar-refractivity contribution in [2.45, 2.75) is 6.92 Å². The van der Waals surface area contributed by atoms with Crippen molar-refractivity contribution in [3.63, 3.8) is 0 Å². The Kier molecular flexibility index (Phi) is 5.67. The molecule has 0 fully saturated rings. The van der Waals surface area contributed by atoms with Crippen LogP contribution in [0.4, 0.5) is 11.4 Å². The molecule has 0 unspecified atom stereocenters. The van der Waals surface area contributed by atoms with Crippen molar-refractivity contribution in [2.75, 3.05) is 19.0 Å². The second-order valence-electron chi connectivity index (χ2n) is 5.20. The van der Waals surface area contributed by atoms with Gasteiger partial charge in [0.05, 0.1) is 4.92 Å². The van der Waals surface area contributed by atoms with Gasteiger partial charge >= 0.3 is 0 Å². The molecule has 2 aromatic carbocycles. The van der Waals surface area contributed by atoms with Crippen LogP contribution in [0.15, 0.2) is 42.5 Å². The summed E-state index contributed by atoms with van der Waals surface area (Å²) < 4.78 is 5.34. The summed E-state index contributed by atoms with van der Waals surface area (Å²) in [5.74, 6) is -0.309. The number of aryl methyl sites for hydroxylation is 1. The smallest absolute Gasteiger partial charge is 0.272 e. The molecule has 0 spiro atoms. The zero-order valence-electron chi connectivity index (χ0n) is 13.7. The minimum atomic E-state index is -0.481. The highest BCUT2D eigenvalue weighted by molar-refractivity contribution is 5.97. The fraction of sp³-hybridized carbons (Fsp3) is 0.176. The first-order chi connectivity index (χ1) is 11.9. The van der Waals surface area contributed by atoms with Gasteiger partial charge in [-0.25, -0.2) is 0 Å². The molecule has 0 saturated carbocycles. The van der Waals surface area contributed by atoms with Gasteiger partial charge in [0.1, 0.15) is 5.75 Å². The van der Waals surface area contributed by atoms with E-state index in [0.717, 1.165) is 0 Å². The van der Waals surface area contributed by atoms with Gasteiger partial charge in [-0.3, -0.25) is 19.7 Å². The molecule has 0 aliphatic rings. The molecule has 0 atom stereocenters. The SMILES string of the molecule is CNC(=O)c1cccc(NC(=O)COc2ccc([N+](=O)[O-])c(C)c2)c1. The van der Waals surface area contributed by atoms with Crippen LogP contribution < -0.4 is 15.4 Å².